The molecule has 1 saturated heterocycles. The maximum Gasteiger partial charge on any atom is 0.416 e. The lowest BCUT2D eigenvalue weighted by Crippen LogP contribution is -2.30. The Balaban J connectivity index is 1.27. The summed E-state index contributed by atoms with van der Waals surface area (Å²) in [4.78, 5) is 29.2. The molecule has 0 aliphatic carbocycles. The molecular weight excluding hydrogens is 587 g/mol. The molecule has 5 rings (SSSR count). The van der Waals surface area contributed by atoms with Crippen molar-refractivity contribution in [2.45, 2.75) is 70.2 Å². The van der Waals surface area contributed by atoms with Gasteiger partial charge in [-0.05, 0) is 86.3 Å². The summed E-state index contributed by atoms with van der Waals surface area (Å²) in [5.41, 5.74) is 4.00. The van der Waals surface area contributed by atoms with E-state index in [1.54, 1.807) is 30.3 Å². The van der Waals surface area contributed by atoms with E-state index in [0.717, 1.165) is 41.7 Å². The van der Waals surface area contributed by atoms with Crippen molar-refractivity contribution in [1.82, 2.24) is 4.90 Å². The number of halogens is 3. The van der Waals surface area contributed by atoms with Crippen LogP contribution in [0, 0.1) is 12.8 Å². The highest BCUT2D eigenvalue weighted by atomic mass is 19.4. The first-order valence-electron chi connectivity index (χ1n) is 16.0. The normalized spacial score (nSPS) is 16.3. The van der Waals surface area contributed by atoms with Gasteiger partial charge in [-0.25, -0.2) is 0 Å². The second-order valence-corrected chi connectivity index (χ2v) is 12.4. The molecule has 1 unspecified atom stereocenters. The van der Waals surface area contributed by atoms with Crippen molar-refractivity contribution in [2.24, 2.45) is 5.92 Å². The molecule has 240 valence electrons. The predicted octanol–water partition coefficient (Wildman–Crippen LogP) is 8.81. The van der Waals surface area contributed by atoms with Gasteiger partial charge in [0.2, 0.25) is 0 Å². The summed E-state index contributed by atoms with van der Waals surface area (Å²) >= 11 is 0. The molecular formula is C39H40F3NO3. The summed E-state index contributed by atoms with van der Waals surface area (Å²) < 4.78 is 39.4. The van der Waals surface area contributed by atoms with Crippen molar-refractivity contribution in [3.8, 4) is 0 Å². The molecule has 46 heavy (non-hydrogen) atoms. The average Bonchev–Trinajstić information content (AvgIpc) is 3.54. The van der Waals surface area contributed by atoms with Gasteiger partial charge in [-0.15, -0.1) is 0 Å². The fourth-order valence-electron chi connectivity index (χ4n) is 6.50. The van der Waals surface area contributed by atoms with Crippen molar-refractivity contribution in [3.63, 3.8) is 0 Å². The third-order valence-corrected chi connectivity index (χ3v) is 8.92. The van der Waals surface area contributed by atoms with E-state index >= 15 is 0 Å². The van der Waals surface area contributed by atoms with E-state index in [0.29, 0.717) is 48.9 Å². The highest BCUT2D eigenvalue weighted by Crippen LogP contribution is 2.34. The number of rotatable bonds is 12. The quantitative estimate of drug-likeness (QED) is 0.160. The standard InChI is InChI=1S/C39H40F3NO3/c1-27-10-5-15-30(22-27)35-19-9-21-43(35)38(46)32-17-8-16-31(25-32)37(45)26-33(23-28-11-3-2-4-12-28)36(44)20-7-14-29-13-6-18-34(24-29)39(40,41)42/h2-6,8,10-13,15-18,22,24-25,33,35-36,44H,7,9,14,19-21,23,26H2,1H3/t33-,35?,36-/m1/s1. The first-order valence-corrected chi connectivity index (χ1v) is 16.0. The Labute approximate surface area is 268 Å². The topological polar surface area (TPSA) is 57.6 Å². The maximum atomic E-state index is 13.7. The van der Waals surface area contributed by atoms with Gasteiger partial charge in [0.15, 0.2) is 5.78 Å². The molecule has 7 heteroatoms. The van der Waals surface area contributed by atoms with E-state index in [9.17, 15) is 27.9 Å². The lowest BCUT2D eigenvalue weighted by atomic mass is 9.85. The number of aliphatic hydroxyl groups excluding tert-OH is 1. The average molecular weight is 628 g/mol. The summed E-state index contributed by atoms with van der Waals surface area (Å²) in [6, 6.07) is 30.0. The molecule has 1 amide bonds. The summed E-state index contributed by atoms with van der Waals surface area (Å²) in [5, 5.41) is 11.3. The molecule has 1 aliphatic rings. The van der Waals surface area contributed by atoms with Gasteiger partial charge in [0.05, 0.1) is 17.7 Å². The number of carbonyl (C=O) groups is 2. The second-order valence-electron chi connectivity index (χ2n) is 12.4. The minimum atomic E-state index is -4.41. The molecule has 1 N–H and O–H groups in total. The van der Waals surface area contributed by atoms with E-state index in [2.05, 4.69) is 12.1 Å². The fraction of sp³-hybridized carbons (Fsp3) is 0.333. The Kier molecular flexibility index (Phi) is 10.7. The van der Waals surface area contributed by atoms with Crippen LogP contribution in [0.25, 0.3) is 0 Å². The minimum Gasteiger partial charge on any atom is -0.393 e. The predicted molar refractivity (Wildman–Crippen MR) is 174 cm³/mol. The molecule has 4 nitrogen and oxygen atoms in total. The van der Waals surface area contributed by atoms with Crippen LogP contribution in [0.4, 0.5) is 13.2 Å². The molecule has 0 saturated carbocycles. The van der Waals surface area contributed by atoms with Gasteiger partial charge in [0, 0.05) is 24.1 Å². The van der Waals surface area contributed by atoms with Gasteiger partial charge in [-0.1, -0.05) is 90.5 Å². The van der Waals surface area contributed by atoms with Gasteiger partial charge in [-0.3, -0.25) is 9.59 Å². The number of Topliss-reactive ketones (excluding diaryl/α,β-unsaturated/α-hetero) is 1. The number of nitrogens with zero attached hydrogens (tertiary/aromatic N) is 1. The van der Waals surface area contributed by atoms with E-state index in [-0.39, 0.29) is 24.2 Å². The first kappa shape index (κ1) is 33.1. The van der Waals surface area contributed by atoms with Crippen molar-refractivity contribution in [3.05, 3.63) is 142 Å². The van der Waals surface area contributed by atoms with E-state index < -0.39 is 23.8 Å². The smallest absolute Gasteiger partial charge is 0.393 e. The molecule has 4 aromatic carbocycles. The number of alkyl halides is 3. The van der Waals surface area contributed by atoms with Crippen LogP contribution in [0.1, 0.15) is 86.7 Å². The molecule has 0 bridgehead atoms. The number of benzene rings is 4. The molecule has 0 radical (unpaired) electrons. The number of carbonyl (C=O) groups excluding carboxylic acids is 2. The Morgan fingerprint density at radius 1 is 0.870 bits per heavy atom. The number of hydrogen-bond acceptors (Lipinski definition) is 3. The summed E-state index contributed by atoms with van der Waals surface area (Å²) in [5.74, 6) is -0.668. The summed E-state index contributed by atoms with van der Waals surface area (Å²) in [6.07, 6.45) is -1.68. The van der Waals surface area contributed by atoms with Crippen molar-refractivity contribution in [2.75, 3.05) is 6.54 Å². The van der Waals surface area contributed by atoms with Crippen LogP contribution in [0.3, 0.4) is 0 Å². The van der Waals surface area contributed by atoms with E-state index in [1.165, 1.54) is 6.07 Å². The molecule has 1 fully saturated rings. The van der Waals surface area contributed by atoms with Crippen LogP contribution in [0.5, 0.6) is 0 Å². The second kappa shape index (κ2) is 14.9. The zero-order valence-corrected chi connectivity index (χ0v) is 26.0. The Bertz CT molecular complexity index is 1640. The molecule has 1 heterocycles. The van der Waals surface area contributed by atoms with Crippen LogP contribution in [0.2, 0.25) is 0 Å². The zero-order valence-electron chi connectivity index (χ0n) is 26.0. The van der Waals surface area contributed by atoms with Crippen molar-refractivity contribution < 1.29 is 27.9 Å². The largest absolute Gasteiger partial charge is 0.416 e. The molecule has 1 aliphatic heterocycles. The number of aliphatic hydroxyl groups is 1. The van der Waals surface area contributed by atoms with Crippen LogP contribution >= 0.6 is 0 Å². The van der Waals surface area contributed by atoms with Gasteiger partial charge >= 0.3 is 6.18 Å². The highest BCUT2D eigenvalue weighted by Gasteiger charge is 2.32. The number of aryl methyl sites for hydroxylation is 2. The third-order valence-electron chi connectivity index (χ3n) is 8.92. The lowest BCUT2D eigenvalue weighted by molar-refractivity contribution is -0.137. The molecule has 4 aromatic rings. The summed E-state index contributed by atoms with van der Waals surface area (Å²) in [6.45, 7) is 2.69. The third kappa shape index (κ3) is 8.52. The van der Waals surface area contributed by atoms with Gasteiger partial charge in [0.25, 0.3) is 5.91 Å². The number of likely N-dealkylation sites (tertiary alicyclic amines) is 1. The van der Waals surface area contributed by atoms with Gasteiger partial charge < -0.3 is 10.0 Å². The molecule has 0 aromatic heterocycles. The lowest BCUT2D eigenvalue weighted by Gasteiger charge is -2.26. The van der Waals surface area contributed by atoms with Crippen molar-refractivity contribution >= 4 is 11.7 Å². The Hall–Kier alpha value is -4.23. The van der Waals surface area contributed by atoms with E-state index in [1.807, 2.05) is 54.3 Å². The number of ketones is 1. The van der Waals surface area contributed by atoms with Crippen LogP contribution < -0.4 is 0 Å². The maximum absolute atomic E-state index is 13.7. The Morgan fingerprint density at radius 3 is 2.35 bits per heavy atom. The monoisotopic (exact) mass is 627 g/mol. The molecule has 3 atom stereocenters. The SMILES string of the molecule is Cc1cccc(C2CCCN2C(=O)c2cccc(C(=O)C[C@@H](Cc3ccccc3)[C@H](O)CCCc3cccc(C(F)(F)F)c3)c2)c1. The summed E-state index contributed by atoms with van der Waals surface area (Å²) in [7, 11) is 0. The van der Waals surface area contributed by atoms with Gasteiger partial charge in [0.1, 0.15) is 0 Å². The zero-order chi connectivity index (χ0) is 32.7. The van der Waals surface area contributed by atoms with Crippen LogP contribution in [0.15, 0.2) is 103 Å². The van der Waals surface area contributed by atoms with Gasteiger partial charge in [-0.2, -0.15) is 13.2 Å². The first-order chi connectivity index (χ1) is 22.1. The number of amides is 1. The number of hydrogen-bond donors (Lipinski definition) is 1. The van der Waals surface area contributed by atoms with Crippen LogP contribution in [-0.2, 0) is 19.0 Å². The molecule has 0 spiro atoms. The fourth-order valence-corrected chi connectivity index (χ4v) is 6.50. The van der Waals surface area contributed by atoms with E-state index in [4.69, 9.17) is 0 Å². The highest BCUT2D eigenvalue weighted by molar-refractivity contribution is 6.01. The minimum absolute atomic E-state index is 0.00639. The van der Waals surface area contributed by atoms with Crippen LogP contribution in [-0.4, -0.2) is 34.3 Å². The van der Waals surface area contributed by atoms with Crippen molar-refractivity contribution in [1.29, 1.82) is 0 Å². The Morgan fingerprint density at radius 2 is 1.59 bits per heavy atom.